The molecular formula is C25H25N3O2S. The van der Waals surface area contributed by atoms with Crippen molar-refractivity contribution in [1.29, 1.82) is 0 Å². The molecule has 158 valence electrons. The summed E-state index contributed by atoms with van der Waals surface area (Å²) in [7, 11) is 1.68. The van der Waals surface area contributed by atoms with Gasteiger partial charge >= 0.3 is 0 Å². The molecule has 1 saturated heterocycles. The monoisotopic (exact) mass is 431 g/mol. The number of methoxy groups -OCH3 is 1. The highest BCUT2D eigenvalue weighted by Gasteiger charge is 2.26. The fourth-order valence-electron chi connectivity index (χ4n) is 4.21. The third-order valence-electron chi connectivity index (χ3n) is 5.93. The molecule has 1 fully saturated rings. The molecule has 0 unspecified atom stereocenters. The molecule has 0 atom stereocenters. The minimum absolute atomic E-state index is 0.119. The van der Waals surface area contributed by atoms with Crippen LogP contribution in [0.2, 0.25) is 0 Å². The van der Waals surface area contributed by atoms with Crippen LogP contribution in [-0.2, 0) is 6.54 Å². The molecule has 0 saturated carbocycles. The zero-order chi connectivity index (χ0) is 21.2. The molecule has 5 rings (SSSR count). The van der Waals surface area contributed by atoms with Gasteiger partial charge in [0.1, 0.15) is 11.4 Å². The van der Waals surface area contributed by atoms with E-state index in [9.17, 15) is 4.79 Å². The van der Waals surface area contributed by atoms with Crippen LogP contribution in [-0.4, -0.2) is 48.7 Å². The summed E-state index contributed by atoms with van der Waals surface area (Å²) in [6.07, 6.45) is 0. The second-order valence-corrected chi connectivity index (χ2v) is 8.70. The molecule has 4 aromatic rings. The van der Waals surface area contributed by atoms with Gasteiger partial charge in [-0.2, -0.15) is 0 Å². The summed E-state index contributed by atoms with van der Waals surface area (Å²) in [5.74, 6) is 0.977. The summed E-state index contributed by atoms with van der Waals surface area (Å²) in [6.45, 7) is 3.79. The Morgan fingerprint density at radius 1 is 0.968 bits per heavy atom. The molecule has 1 aliphatic rings. The molecule has 1 aliphatic heterocycles. The largest absolute Gasteiger partial charge is 0.497 e. The van der Waals surface area contributed by atoms with Crippen LogP contribution in [0.1, 0.15) is 16.1 Å². The van der Waals surface area contributed by atoms with Crippen LogP contribution in [0.5, 0.6) is 5.75 Å². The van der Waals surface area contributed by atoms with Gasteiger partial charge in [0, 0.05) is 38.4 Å². The quantitative estimate of drug-likeness (QED) is 0.459. The Bertz CT molecular complexity index is 1170. The first-order valence-electron chi connectivity index (χ1n) is 10.5. The average molecular weight is 432 g/mol. The van der Waals surface area contributed by atoms with Gasteiger partial charge in [0.05, 0.1) is 17.3 Å². The number of carbonyl (C=O) groups is 1. The van der Waals surface area contributed by atoms with Crippen LogP contribution < -0.4 is 9.64 Å². The summed E-state index contributed by atoms with van der Waals surface area (Å²) < 4.78 is 8.58. The van der Waals surface area contributed by atoms with Crippen LogP contribution >= 0.6 is 11.3 Å². The van der Waals surface area contributed by atoms with Crippen LogP contribution in [0.25, 0.3) is 10.2 Å². The van der Waals surface area contributed by atoms with Gasteiger partial charge in [-0.05, 0) is 47.3 Å². The third kappa shape index (κ3) is 3.91. The number of piperazine rings is 1. The molecule has 3 heterocycles. The zero-order valence-corrected chi connectivity index (χ0v) is 18.3. The van der Waals surface area contributed by atoms with Gasteiger partial charge in [-0.25, -0.2) is 0 Å². The van der Waals surface area contributed by atoms with Gasteiger partial charge in [-0.1, -0.05) is 30.3 Å². The highest BCUT2D eigenvalue weighted by atomic mass is 32.1. The highest BCUT2D eigenvalue weighted by Crippen LogP contribution is 2.28. The summed E-state index contributed by atoms with van der Waals surface area (Å²) in [6, 6.07) is 22.6. The van der Waals surface area contributed by atoms with Crippen molar-refractivity contribution in [2.45, 2.75) is 6.54 Å². The summed E-state index contributed by atoms with van der Waals surface area (Å²) in [4.78, 5) is 17.8. The predicted octanol–water partition coefficient (Wildman–Crippen LogP) is 4.72. The molecule has 6 heteroatoms. The van der Waals surface area contributed by atoms with Gasteiger partial charge in [-0.15, -0.1) is 11.3 Å². The predicted molar refractivity (Wildman–Crippen MR) is 126 cm³/mol. The number of amides is 1. The first kappa shape index (κ1) is 19.7. The molecule has 5 nitrogen and oxygen atoms in total. The van der Waals surface area contributed by atoms with E-state index in [-0.39, 0.29) is 5.91 Å². The minimum Gasteiger partial charge on any atom is -0.497 e. The average Bonchev–Trinajstić information content (AvgIpc) is 3.42. The molecule has 0 bridgehead atoms. The zero-order valence-electron chi connectivity index (χ0n) is 17.5. The molecule has 31 heavy (non-hydrogen) atoms. The van der Waals surface area contributed by atoms with Crippen molar-refractivity contribution in [3.05, 3.63) is 83.4 Å². The molecule has 0 radical (unpaired) electrons. The van der Waals surface area contributed by atoms with Crippen LogP contribution in [0.3, 0.4) is 0 Å². The summed E-state index contributed by atoms with van der Waals surface area (Å²) in [5.41, 5.74) is 4.28. The maximum Gasteiger partial charge on any atom is 0.270 e. The lowest BCUT2D eigenvalue weighted by Gasteiger charge is -2.36. The number of carbonyl (C=O) groups excluding carboxylic acids is 1. The van der Waals surface area contributed by atoms with E-state index in [0.717, 1.165) is 47.8 Å². The molecule has 0 aliphatic carbocycles. The molecular weight excluding hydrogens is 406 g/mol. The normalized spacial score (nSPS) is 14.2. The van der Waals surface area contributed by atoms with Crippen molar-refractivity contribution in [3.63, 3.8) is 0 Å². The van der Waals surface area contributed by atoms with Crippen molar-refractivity contribution in [2.75, 3.05) is 38.2 Å². The van der Waals surface area contributed by atoms with Gasteiger partial charge in [0.25, 0.3) is 5.91 Å². The maximum atomic E-state index is 13.5. The van der Waals surface area contributed by atoms with Gasteiger partial charge < -0.3 is 19.1 Å². The molecule has 1 amide bonds. The Morgan fingerprint density at radius 2 is 1.71 bits per heavy atom. The topological polar surface area (TPSA) is 37.7 Å². The lowest BCUT2D eigenvalue weighted by Crippen LogP contribution is -2.49. The van der Waals surface area contributed by atoms with Crippen molar-refractivity contribution in [2.24, 2.45) is 0 Å². The summed E-state index contributed by atoms with van der Waals surface area (Å²) in [5, 5.41) is 2.09. The van der Waals surface area contributed by atoms with Crippen LogP contribution in [0.15, 0.2) is 72.1 Å². The van der Waals surface area contributed by atoms with E-state index in [1.807, 2.05) is 35.2 Å². The molecule has 2 aromatic heterocycles. The molecule has 0 spiro atoms. The minimum atomic E-state index is 0.119. The Labute approximate surface area is 186 Å². The fraction of sp³-hybridized carbons (Fsp3) is 0.240. The number of hydrogen-bond donors (Lipinski definition) is 0. The number of rotatable bonds is 5. The number of nitrogens with zero attached hydrogens (tertiary/aromatic N) is 3. The van der Waals surface area contributed by atoms with Crippen molar-refractivity contribution < 1.29 is 9.53 Å². The van der Waals surface area contributed by atoms with E-state index in [1.165, 1.54) is 11.3 Å². The van der Waals surface area contributed by atoms with E-state index in [0.29, 0.717) is 6.54 Å². The second kappa shape index (κ2) is 8.47. The highest BCUT2D eigenvalue weighted by molar-refractivity contribution is 7.17. The Hall–Kier alpha value is -3.25. The van der Waals surface area contributed by atoms with E-state index in [4.69, 9.17) is 4.74 Å². The van der Waals surface area contributed by atoms with Crippen molar-refractivity contribution >= 4 is 33.1 Å². The van der Waals surface area contributed by atoms with E-state index in [1.54, 1.807) is 18.4 Å². The van der Waals surface area contributed by atoms with E-state index < -0.39 is 0 Å². The standard InChI is InChI=1S/C25H25N3O2S/c1-30-21-9-7-20(8-10-21)26-12-14-27(15-13-26)25(29)23-17-24-22(11-16-31-24)28(23)18-19-5-3-2-4-6-19/h2-11,16-17H,12-15,18H2,1H3. The van der Waals surface area contributed by atoms with E-state index in [2.05, 4.69) is 51.2 Å². The number of aromatic nitrogens is 1. The fourth-order valence-corrected chi connectivity index (χ4v) is 5.04. The lowest BCUT2D eigenvalue weighted by molar-refractivity contribution is 0.0737. The lowest BCUT2D eigenvalue weighted by atomic mass is 10.2. The number of benzene rings is 2. The van der Waals surface area contributed by atoms with E-state index >= 15 is 0 Å². The first-order chi connectivity index (χ1) is 15.2. The first-order valence-corrected chi connectivity index (χ1v) is 11.4. The molecule has 0 N–H and O–H groups in total. The number of anilines is 1. The van der Waals surface area contributed by atoms with Crippen LogP contribution in [0, 0.1) is 0 Å². The number of thiophene rings is 1. The second-order valence-electron chi connectivity index (χ2n) is 7.75. The van der Waals surface area contributed by atoms with Crippen molar-refractivity contribution in [1.82, 2.24) is 9.47 Å². The van der Waals surface area contributed by atoms with Gasteiger partial charge in [0.2, 0.25) is 0 Å². The summed E-state index contributed by atoms with van der Waals surface area (Å²) >= 11 is 1.69. The smallest absolute Gasteiger partial charge is 0.270 e. The van der Waals surface area contributed by atoms with Crippen LogP contribution in [0.4, 0.5) is 5.69 Å². The SMILES string of the molecule is COc1ccc(N2CCN(C(=O)c3cc4sccc4n3Cc3ccccc3)CC2)cc1. The number of ether oxygens (including phenoxy) is 1. The Balaban J connectivity index is 1.33. The third-order valence-corrected chi connectivity index (χ3v) is 6.78. The van der Waals surface area contributed by atoms with Gasteiger partial charge in [0.15, 0.2) is 0 Å². The molecule has 2 aromatic carbocycles. The Morgan fingerprint density at radius 3 is 2.42 bits per heavy atom. The Kier molecular flexibility index (Phi) is 5.38. The maximum absolute atomic E-state index is 13.5. The van der Waals surface area contributed by atoms with Gasteiger partial charge in [-0.3, -0.25) is 4.79 Å². The number of hydrogen-bond acceptors (Lipinski definition) is 4. The van der Waals surface area contributed by atoms with Crippen molar-refractivity contribution in [3.8, 4) is 5.75 Å². The number of fused-ring (bicyclic) bond motifs is 1.